The van der Waals surface area contributed by atoms with E-state index in [2.05, 4.69) is 20.6 Å². The number of amides is 1. The third-order valence-electron chi connectivity index (χ3n) is 4.25. The van der Waals surface area contributed by atoms with Gasteiger partial charge in [0, 0.05) is 0 Å². The second kappa shape index (κ2) is 8.70. The summed E-state index contributed by atoms with van der Waals surface area (Å²) in [6.45, 7) is 2.66. The van der Waals surface area contributed by atoms with Crippen LogP contribution in [-0.2, 0) is 11.3 Å². The lowest BCUT2D eigenvalue weighted by Gasteiger charge is -1.99. The SMILES string of the molecule is Cc1ccccc1N=C1NC(=O)/C(=C\C=C\c2cn(Cc3ccccc3)nn2)S1. The van der Waals surface area contributed by atoms with E-state index in [1.807, 2.05) is 73.8 Å². The number of benzene rings is 2. The van der Waals surface area contributed by atoms with Crippen LogP contribution in [0.25, 0.3) is 6.08 Å². The van der Waals surface area contributed by atoms with Gasteiger partial charge in [0.05, 0.1) is 23.3 Å². The van der Waals surface area contributed by atoms with Crippen molar-refractivity contribution < 1.29 is 4.79 Å². The fourth-order valence-electron chi connectivity index (χ4n) is 2.77. The Morgan fingerprint density at radius 2 is 1.93 bits per heavy atom. The number of aryl methyl sites for hydroxylation is 1. The minimum absolute atomic E-state index is 0.153. The maximum Gasteiger partial charge on any atom is 0.264 e. The largest absolute Gasteiger partial charge is 0.300 e. The number of aliphatic imine (C=N–C) groups is 1. The molecule has 0 aliphatic carbocycles. The van der Waals surface area contributed by atoms with Crippen LogP contribution in [0.4, 0.5) is 5.69 Å². The summed E-state index contributed by atoms with van der Waals surface area (Å²) in [6.07, 6.45) is 7.26. The number of amidine groups is 1. The van der Waals surface area contributed by atoms with Crippen molar-refractivity contribution in [3.8, 4) is 0 Å². The molecule has 1 fully saturated rings. The summed E-state index contributed by atoms with van der Waals surface area (Å²) in [6, 6.07) is 17.9. The van der Waals surface area contributed by atoms with Crippen molar-refractivity contribution in [2.75, 3.05) is 0 Å². The van der Waals surface area contributed by atoms with Gasteiger partial charge in [-0.05, 0) is 48.0 Å². The Labute approximate surface area is 173 Å². The van der Waals surface area contributed by atoms with Gasteiger partial charge in [0.25, 0.3) is 5.91 Å². The van der Waals surface area contributed by atoms with Crippen molar-refractivity contribution >= 4 is 34.6 Å². The molecule has 0 bridgehead atoms. The van der Waals surface area contributed by atoms with Gasteiger partial charge in [-0.3, -0.25) is 4.79 Å². The van der Waals surface area contributed by atoms with Crippen LogP contribution < -0.4 is 5.32 Å². The number of nitrogens with zero attached hydrogens (tertiary/aromatic N) is 4. The number of para-hydroxylation sites is 1. The van der Waals surface area contributed by atoms with E-state index in [9.17, 15) is 4.79 Å². The van der Waals surface area contributed by atoms with Crippen LogP contribution in [0.1, 0.15) is 16.8 Å². The Kier molecular flexibility index (Phi) is 5.67. The van der Waals surface area contributed by atoms with Gasteiger partial charge in [0.15, 0.2) is 5.17 Å². The van der Waals surface area contributed by atoms with Gasteiger partial charge < -0.3 is 5.32 Å². The third-order valence-corrected chi connectivity index (χ3v) is 5.17. The average molecular weight is 401 g/mol. The summed E-state index contributed by atoms with van der Waals surface area (Å²) < 4.78 is 1.78. The Hall–Kier alpha value is -3.45. The minimum atomic E-state index is -0.153. The molecule has 1 aliphatic heterocycles. The number of rotatable bonds is 5. The summed E-state index contributed by atoms with van der Waals surface area (Å²) in [4.78, 5) is 17.3. The molecule has 4 rings (SSSR count). The molecule has 0 radical (unpaired) electrons. The van der Waals surface area contributed by atoms with Gasteiger partial charge in [-0.25, -0.2) is 9.67 Å². The van der Waals surface area contributed by atoms with E-state index in [1.54, 1.807) is 16.8 Å². The molecule has 1 amide bonds. The molecule has 3 aromatic rings. The molecule has 0 saturated carbocycles. The van der Waals surface area contributed by atoms with Crippen molar-refractivity contribution in [3.63, 3.8) is 0 Å². The van der Waals surface area contributed by atoms with Crippen LogP contribution in [0.15, 0.2) is 82.8 Å². The molecule has 1 aliphatic rings. The summed E-state index contributed by atoms with van der Waals surface area (Å²) in [5.41, 5.74) is 3.80. The van der Waals surface area contributed by atoms with E-state index in [4.69, 9.17) is 0 Å². The summed E-state index contributed by atoms with van der Waals surface area (Å²) >= 11 is 1.32. The average Bonchev–Trinajstić information content (AvgIpc) is 3.31. The van der Waals surface area contributed by atoms with Crippen LogP contribution in [0.5, 0.6) is 0 Å². The van der Waals surface area contributed by atoms with Gasteiger partial charge in [-0.1, -0.05) is 59.8 Å². The second-order valence-electron chi connectivity index (χ2n) is 6.48. The molecular formula is C22H19N5OS. The molecule has 7 heteroatoms. The Morgan fingerprint density at radius 1 is 1.14 bits per heavy atom. The standard InChI is InChI=1S/C22H19N5OS/c1-16-8-5-6-12-19(16)23-22-24-21(28)20(29-22)13-7-11-18-15-27(26-25-18)14-17-9-3-2-4-10-17/h2-13,15H,14H2,1H3,(H,23,24,28)/b11-7+,20-13+. The molecule has 144 valence electrons. The highest BCUT2D eigenvalue weighted by Gasteiger charge is 2.23. The lowest BCUT2D eigenvalue weighted by atomic mass is 10.2. The molecule has 2 aromatic carbocycles. The quantitative estimate of drug-likeness (QED) is 0.654. The highest BCUT2D eigenvalue weighted by molar-refractivity contribution is 8.18. The lowest BCUT2D eigenvalue weighted by molar-refractivity contribution is -0.115. The molecule has 2 heterocycles. The van der Waals surface area contributed by atoms with Crippen LogP contribution in [0.2, 0.25) is 0 Å². The third kappa shape index (κ3) is 4.89. The van der Waals surface area contributed by atoms with E-state index in [0.29, 0.717) is 16.6 Å². The molecular weight excluding hydrogens is 382 g/mol. The molecule has 1 N–H and O–H groups in total. The second-order valence-corrected chi connectivity index (χ2v) is 7.51. The predicted molar refractivity (Wildman–Crippen MR) is 117 cm³/mol. The zero-order valence-electron chi connectivity index (χ0n) is 15.8. The normalized spacial score (nSPS) is 16.8. The fraction of sp³-hybridized carbons (Fsp3) is 0.0909. The van der Waals surface area contributed by atoms with E-state index >= 15 is 0 Å². The van der Waals surface area contributed by atoms with Gasteiger partial charge in [-0.2, -0.15) is 0 Å². The first-order chi connectivity index (χ1) is 14.2. The number of nitrogens with one attached hydrogen (secondary N) is 1. The molecule has 29 heavy (non-hydrogen) atoms. The summed E-state index contributed by atoms with van der Waals surface area (Å²) in [7, 11) is 0. The van der Waals surface area contributed by atoms with Crippen molar-refractivity contribution in [3.05, 3.63) is 94.7 Å². The first-order valence-electron chi connectivity index (χ1n) is 9.13. The molecule has 0 atom stereocenters. The maximum absolute atomic E-state index is 12.2. The number of aromatic nitrogens is 3. The molecule has 1 aromatic heterocycles. The zero-order chi connectivity index (χ0) is 20.1. The Morgan fingerprint density at radius 3 is 2.76 bits per heavy atom. The van der Waals surface area contributed by atoms with E-state index in [0.717, 1.165) is 22.5 Å². The van der Waals surface area contributed by atoms with Crippen LogP contribution >= 0.6 is 11.8 Å². The number of carbonyl (C=O) groups excluding carboxylic acids is 1. The van der Waals surface area contributed by atoms with E-state index in [1.165, 1.54) is 11.8 Å². The number of allylic oxidation sites excluding steroid dienone is 2. The van der Waals surface area contributed by atoms with Crippen molar-refractivity contribution in [1.29, 1.82) is 0 Å². The van der Waals surface area contributed by atoms with Gasteiger partial charge in [-0.15, -0.1) is 5.10 Å². The van der Waals surface area contributed by atoms with Gasteiger partial charge >= 0.3 is 0 Å². The molecule has 0 spiro atoms. The molecule has 1 saturated heterocycles. The van der Waals surface area contributed by atoms with Crippen molar-refractivity contribution in [2.24, 2.45) is 4.99 Å². The predicted octanol–water partition coefficient (Wildman–Crippen LogP) is 4.08. The first-order valence-corrected chi connectivity index (χ1v) is 9.95. The Balaban J connectivity index is 1.41. The van der Waals surface area contributed by atoms with Crippen molar-refractivity contribution in [2.45, 2.75) is 13.5 Å². The van der Waals surface area contributed by atoms with Crippen LogP contribution in [-0.4, -0.2) is 26.1 Å². The zero-order valence-corrected chi connectivity index (χ0v) is 16.6. The lowest BCUT2D eigenvalue weighted by Crippen LogP contribution is -2.19. The van der Waals surface area contributed by atoms with Crippen LogP contribution in [0.3, 0.4) is 0 Å². The first kappa shape index (κ1) is 18.9. The van der Waals surface area contributed by atoms with E-state index < -0.39 is 0 Å². The number of thioether (sulfide) groups is 1. The summed E-state index contributed by atoms with van der Waals surface area (Å²) in [5, 5.41) is 11.7. The Bertz CT molecular complexity index is 1110. The van der Waals surface area contributed by atoms with Gasteiger partial charge in [0.1, 0.15) is 5.69 Å². The highest BCUT2D eigenvalue weighted by atomic mass is 32.2. The number of hydrogen-bond acceptors (Lipinski definition) is 5. The topological polar surface area (TPSA) is 72.2 Å². The monoisotopic (exact) mass is 401 g/mol. The molecule has 0 unspecified atom stereocenters. The summed E-state index contributed by atoms with van der Waals surface area (Å²) in [5.74, 6) is -0.153. The van der Waals surface area contributed by atoms with Gasteiger partial charge in [0.2, 0.25) is 0 Å². The minimum Gasteiger partial charge on any atom is -0.300 e. The van der Waals surface area contributed by atoms with E-state index in [-0.39, 0.29) is 5.91 Å². The van der Waals surface area contributed by atoms with Crippen LogP contribution in [0, 0.1) is 6.92 Å². The maximum atomic E-state index is 12.2. The smallest absolute Gasteiger partial charge is 0.264 e. The molecule has 6 nitrogen and oxygen atoms in total. The van der Waals surface area contributed by atoms with Crippen molar-refractivity contribution in [1.82, 2.24) is 20.3 Å². The highest BCUT2D eigenvalue weighted by Crippen LogP contribution is 2.27. The fourth-order valence-corrected chi connectivity index (χ4v) is 3.55. The number of hydrogen-bond donors (Lipinski definition) is 1. The number of carbonyl (C=O) groups is 1.